The Balaban J connectivity index is 2.57. The second kappa shape index (κ2) is 7.29. The molecule has 1 amide bonds. The van der Waals surface area contributed by atoms with E-state index >= 15 is 0 Å². The van der Waals surface area contributed by atoms with Crippen molar-refractivity contribution in [2.45, 2.75) is 46.2 Å². The summed E-state index contributed by atoms with van der Waals surface area (Å²) < 4.78 is 0. The third kappa shape index (κ3) is 5.61. The highest BCUT2D eigenvalue weighted by atomic mass is 16.2. The number of rotatable bonds is 7. The molecule has 0 saturated heterocycles. The van der Waals surface area contributed by atoms with E-state index in [-0.39, 0.29) is 11.4 Å². The van der Waals surface area contributed by atoms with E-state index in [0.29, 0.717) is 6.54 Å². The summed E-state index contributed by atoms with van der Waals surface area (Å²) in [6.45, 7) is 10.2. The first kappa shape index (κ1) is 16.5. The first-order valence-corrected chi connectivity index (χ1v) is 7.24. The van der Waals surface area contributed by atoms with E-state index in [0.717, 1.165) is 30.8 Å². The van der Waals surface area contributed by atoms with Crippen LogP contribution >= 0.6 is 0 Å². The lowest BCUT2D eigenvalue weighted by atomic mass is 10.0. The van der Waals surface area contributed by atoms with Gasteiger partial charge in [0.05, 0.1) is 6.54 Å². The minimum atomic E-state index is -0.145. The summed E-state index contributed by atoms with van der Waals surface area (Å²) in [5.41, 5.74) is 7.53. The molecule has 0 saturated carbocycles. The van der Waals surface area contributed by atoms with Gasteiger partial charge in [-0.15, -0.1) is 0 Å². The fourth-order valence-electron chi connectivity index (χ4n) is 1.94. The molecule has 0 atom stereocenters. The van der Waals surface area contributed by atoms with Crippen molar-refractivity contribution in [1.29, 1.82) is 0 Å². The zero-order valence-electron chi connectivity index (χ0n) is 13.1. The standard InChI is InChI=1S/C16H27N3O/c1-5-16(3,4)18-15(20)12-19(6-2)11-13-8-7-9-14(17)10-13/h7-10H,5-6,11-12,17H2,1-4H3,(H,18,20). The van der Waals surface area contributed by atoms with Gasteiger partial charge in [-0.3, -0.25) is 9.69 Å². The Morgan fingerprint density at radius 1 is 1.35 bits per heavy atom. The number of carbonyl (C=O) groups is 1. The van der Waals surface area contributed by atoms with Gasteiger partial charge in [0.1, 0.15) is 0 Å². The predicted octanol–water partition coefficient (Wildman–Crippen LogP) is 2.40. The van der Waals surface area contributed by atoms with Crippen molar-refractivity contribution < 1.29 is 4.79 Å². The molecule has 1 rings (SSSR count). The topological polar surface area (TPSA) is 58.4 Å². The minimum Gasteiger partial charge on any atom is -0.399 e. The molecule has 112 valence electrons. The first-order valence-electron chi connectivity index (χ1n) is 7.24. The van der Waals surface area contributed by atoms with Crippen molar-refractivity contribution >= 4 is 11.6 Å². The van der Waals surface area contributed by atoms with E-state index < -0.39 is 0 Å². The lowest BCUT2D eigenvalue weighted by Gasteiger charge is -2.27. The number of nitrogen functional groups attached to an aromatic ring is 1. The summed E-state index contributed by atoms with van der Waals surface area (Å²) >= 11 is 0. The molecular weight excluding hydrogens is 250 g/mol. The van der Waals surface area contributed by atoms with Crippen molar-refractivity contribution in [2.75, 3.05) is 18.8 Å². The average molecular weight is 277 g/mol. The number of anilines is 1. The summed E-state index contributed by atoms with van der Waals surface area (Å²) in [6, 6.07) is 7.80. The SMILES string of the molecule is CCN(CC(=O)NC(C)(C)CC)Cc1cccc(N)c1. The number of nitrogens with zero attached hydrogens (tertiary/aromatic N) is 1. The number of likely N-dealkylation sites (N-methyl/N-ethyl adjacent to an activating group) is 1. The van der Waals surface area contributed by atoms with Gasteiger partial charge >= 0.3 is 0 Å². The normalized spacial score (nSPS) is 11.7. The van der Waals surface area contributed by atoms with E-state index in [1.54, 1.807) is 0 Å². The Bertz CT molecular complexity index is 443. The van der Waals surface area contributed by atoms with Crippen LogP contribution in [0.5, 0.6) is 0 Å². The summed E-state index contributed by atoms with van der Waals surface area (Å²) in [5.74, 6) is 0.0719. The van der Waals surface area contributed by atoms with Crippen molar-refractivity contribution in [1.82, 2.24) is 10.2 Å². The lowest BCUT2D eigenvalue weighted by molar-refractivity contribution is -0.124. The van der Waals surface area contributed by atoms with Gasteiger partial charge in [0.2, 0.25) is 5.91 Å². The van der Waals surface area contributed by atoms with Gasteiger partial charge in [0.15, 0.2) is 0 Å². The molecule has 0 radical (unpaired) electrons. The van der Waals surface area contributed by atoms with E-state index in [9.17, 15) is 4.79 Å². The van der Waals surface area contributed by atoms with Gasteiger partial charge in [-0.25, -0.2) is 0 Å². The summed E-state index contributed by atoms with van der Waals surface area (Å²) in [6.07, 6.45) is 0.917. The average Bonchev–Trinajstić information content (AvgIpc) is 2.37. The number of hydrogen-bond donors (Lipinski definition) is 2. The zero-order chi connectivity index (χ0) is 15.2. The molecule has 0 heterocycles. The minimum absolute atomic E-state index is 0.0719. The maximum Gasteiger partial charge on any atom is 0.234 e. The van der Waals surface area contributed by atoms with E-state index in [4.69, 9.17) is 5.73 Å². The largest absolute Gasteiger partial charge is 0.399 e. The van der Waals surface area contributed by atoms with Crippen molar-refractivity contribution in [2.24, 2.45) is 0 Å². The van der Waals surface area contributed by atoms with Gasteiger partial charge in [0.25, 0.3) is 0 Å². The number of nitrogens with one attached hydrogen (secondary N) is 1. The quantitative estimate of drug-likeness (QED) is 0.752. The van der Waals surface area contributed by atoms with Crippen LogP contribution in [0, 0.1) is 0 Å². The Morgan fingerprint density at radius 3 is 2.60 bits per heavy atom. The second-order valence-corrected chi connectivity index (χ2v) is 5.83. The Labute approximate surface area is 122 Å². The van der Waals surface area contributed by atoms with Crippen molar-refractivity contribution in [3.05, 3.63) is 29.8 Å². The smallest absolute Gasteiger partial charge is 0.234 e. The maximum atomic E-state index is 12.1. The number of carbonyl (C=O) groups excluding carboxylic acids is 1. The number of amides is 1. The molecule has 20 heavy (non-hydrogen) atoms. The van der Waals surface area contributed by atoms with Crippen molar-refractivity contribution in [3.8, 4) is 0 Å². The van der Waals surface area contributed by atoms with E-state index in [1.807, 2.05) is 38.1 Å². The molecule has 1 aromatic rings. The van der Waals surface area contributed by atoms with Crippen LogP contribution in [0.4, 0.5) is 5.69 Å². The molecule has 0 aliphatic rings. The van der Waals surface area contributed by atoms with Crippen LogP contribution in [0.1, 0.15) is 39.7 Å². The molecule has 1 aromatic carbocycles. The molecule has 0 unspecified atom stereocenters. The van der Waals surface area contributed by atoms with Crippen LogP contribution in [0.15, 0.2) is 24.3 Å². The van der Waals surface area contributed by atoms with Gasteiger partial charge in [0, 0.05) is 17.8 Å². The highest BCUT2D eigenvalue weighted by Gasteiger charge is 2.19. The van der Waals surface area contributed by atoms with Gasteiger partial charge in [-0.05, 0) is 44.5 Å². The molecule has 0 aliphatic carbocycles. The Morgan fingerprint density at radius 2 is 2.05 bits per heavy atom. The first-order chi connectivity index (χ1) is 9.36. The summed E-state index contributed by atoms with van der Waals surface area (Å²) in [4.78, 5) is 14.2. The predicted molar refractivity (Wildman–Crippen MR) is 84.3 cm³/mol. The van der Waals surface area contributed by atoms with Crippen LogP contribution in [0.3, 0.4) is 0 Å². The fraction of sp³-hybridized carbons (Fsp3) is 0.562. The van der Waals surface area contributed by atoms with Crippen LogP contribution in [-0.4, -0.2) is 29.4 Å². The van der Waals surface area contributed by atoms with Crippen LogP contribution in [-0.2, 0) is 11.3 Å². The highest BCUT2D eigenvalue weighted by molar-refractivity contribution is 5.78. The Hall–Kier alpha value is -1.55. The summed E-state index contributed by atoms with van der Waals surface area (Å²) in [5, 5.41) is 3.06. The third-order valence-corrected chi connectivity index (χ3v) is 3.53. The monoisotopic (exact) mass is 277 g/mol. The van der Waals surface area contributed by atoms with Crippen molar-refractivity contribution in [3.63, 3.8) is 0 Å². The number of benzene rings is 1. The van der Waals surface area contributed by atoms with Gasteiger partial charge in [-0.1, -0.05) is 26.0 Å². The van der Waals surface area contributed by atoms with Crippen LogP contribution in [0.25, 0.3) is 0 Å². The zero-order valence-corrected chi connectivity index (χ0v) is 13.1. The van der Waals surface area contributed by atoms with Crippen LogP contribution < -0.4 is 11.1 Å². The maximum absolute atomic E-state index is 12.1. The molecule has 4 nitrogen and oxygen atoms in total. The highest BCUT2D eigenvalue weighted by Crippen LogP contribution is 2.10. The molecule has 0 aromatic heterocycles. The molecular formula is C16H27N3O. The lowest BCUT2D eigenvalue weighted by Crippen LogP contribution is -2.47. The number of nitrogens with two attached hydrogens (primary N) is 1. The molecule has 0 bridgehead atoms. The second-order valence-electron chi connectivity index (χ2n) is 5.83. The van der Waals surface area contributed by atoms with E-state index in [1.165, 1.54) is 0 Å². The molecule has 0 spiro atoms. The fourth-order valence-corrected chi connectivity index (χ4v) is 1.94. The molecule has 0 fully saturated rings. The van der Waals surface area contributed by atoms with Gasteiger partial charge in [-0.2, -0.15) is 0 Å². The molecule has 3 N–H and O–H groups in total. The molecule has 4 heteroatoms. The molecule has 0 aliphatic heterocycles. The number of hydrogen-bond acceptors (Lipinski definition) is 3. The van der Waals surface area contributed by atoms with Crippen LogP contribution in [0.2, 0.25) is 0 Å². The third-order valence-electron chi connectivity index (χ3n) is 3.53. The Kier molecular flexibility index (Phi) is 6.02. The summed E-state index contributed by atoms with van der Waals surface area (Å²) in [7, 11) is 0. The van der Waals surface area contributed by atoms with E-state index in [2.05, 4.69) is 24.1 Å². The van der Waals surface area contributed by atoms with Gasteiger partial charge < -0.3 is 11.1 Å².